The molecule has 4 aromatic rings. The Hall–Kier alpha value is -2.62. The standard InChI is InChI=1S/C20H13Cl2N3/c21-13-8-9-16(17(22)10-13)19-11-18(24-20(23)25-19)15-7-3-5-12-4-1-2-6-14(12)15/h1-11H,(H2,23,24,25). The lowest BCUT2D eigenvalue weighted by Crippen LogP contribution is -1.99. The van der Waals surface area contributed by atoms with Gasteiger partial charge in [0.25, 0.3) is 0 Å². The zero-order chi connectivity index (χ0) is 17.4. The number of hydrogen-bond acceptors (Lipinski definition) is 3. The Morgan fingerprint density at radius 3 is 2.24 bits per heavy atom. The molecule has 1 aromatic heterocycles. The summed E-state index contributed by atoms with van der Waals surface area (Å²) in [7, 11) is 0. The highest BCUT2D eigenvalue weighted by atomic mass is 35.5. The molecular formula is C20H13Cl2N3. The molecule has 0 fully saturated rings. The van der Waals surface area contributed by atoms with Crippen LogP contribution in [0.3, 0.4) is 0 Å². The highest BCUT2D eigenvalue weighted by Crippen LogP contribution is 2.33. The first kappa shape index (κ1) is 15.9. The van der Waals surface area contributed by atoms with Gasteiger partial charge < -0.3 is 5.73 Å². The molecule has 4 rings (SSSR count). The van der Waals surface area contributed by atoms with E-state index in [1.165, 1.54) is 0 Å². The third-order valence-electron chi connectivity index (χ3n) is 4.02. The number of nitrogens with zero attached hydrogens (tertiary/aromatic N) is 2. The van der Waals surface area contributed by atoms with E-state index in [1.807, 2.05) is 36.4 Å². The molecule has 0 aliphatic carbocycles. The predicted molar refractivity (Wildman–Crippen MR) is 105 cm³/mol. The van der Waals surface area contributed by atoms with Crippen molar-refractivity contribution in [2.24, 2.45) is 0 Å². The van der Waals surface area contributed by atoms with E-state index in [9.17, 15) is 0 Å². The fraction of sp³-hybridized carbons (Fsp3) is 0. The molecule has 0 spiro atoms. The molecule has 25 heavy (non-hydrogen) atoms. The van der Waals surface area contributed by atoms with Crippen LogP contribution in [0.2, 0.25) is 10.0 Å². The molecule has 0 amide bonds. The zero-order valence-corrected chi connectivity index (χ0v) is 14.6. The highest BCUT2D eigenvalue weighted by Gasteiger charge is 2.12. The number of nitrogen functional groups attached to an aromatic ring is 1. The van der Waals surface area contributed by atoms with Crippen molar-refractivity contribution in [2.45, 2.75) is 0 Å². The van der Waals surface area contributed by atoms with Crippen molar-refractivity contribution in [1.29, 1.82) is 0 Å². The molecule has 0 saturated carbocycles. The van der Waals surface area contributed by atoms with Crippen molar-refractivity contribution < 1.29 is 0 Å². The Balaban J connectivity index is 1.93. The quantitative estimate of drug-likeness (QED) is 0.484. The van der Waals surface area contributed by atoms with Crippen LogP contribution in [0.5, 0.6) is 0 Å². The van der Waals surface area contributed by atoms with E-state index in [0.29, 0.717) is 15.7 Å². The Morgan fingerprint density at radius 1 is 0.720 bits per heavy atom. The largest absolute Gasteiger partial charge is 0.368 e. The molecule has 5 heteroatoms. The normalized spacial score (nSPS) is 11.0. The first-order chi connectivity index (χ1) is 12.1. The van der Waals surface area contributed by atoms with Gasteiger partial charge in [-0.2, -0.15) is 0 Å². The molecule has 0 atom stereocenters. The molecule has 0 radical (unpaired) electrons. The molecule has 122 valence electrons. The maximum absolute atomic E-state index is 6.32. The topological polar surface area (TPSA) is 51.8 Å². The van der Waals surface area contributed by atoms with Crippen molar-refractivity contribution in [3.05, 3.63) is 76.8 Å². The number of aromatic nitrogens is 2. The maximum Gasteiger partial charge on any atom is 0.221 e. The minimum absolute atomic E-state index is 0.200. The van der Waals surface area contributed by atoms with Crippen LogP contribution in [0.15, 0.2) is 66.7 Å². The van der Waals surface area contributed by atoms with Gasteiger partial charge in [-0.3, -0.25) is 0 Å². The molecular weight excluding hydrogens is 353 g/mol. The van der Waals surface area contributed by atoms with Crippen molar-refractivity contribution in [1.82, 2.24) is 9.97 Å². The number of halogens is 2. The summed E-state index contributed by atoms with van der Waals surface area (Å²) in [6, 6.07) is 21.5. The molecule has 0 unspecified atom stereocenters. The fourth-order valence-electron chi connectivity index (χ4n) is 2.89. The first-order valence-corrected chi connectivity index (χ1v) is 8.45. The summed E-state index contributed by atoms with van der Waals surface area (Å²) in [5.41, 5.74) is 9.15. The summed E-state index contributed by atoms with van der Waals surface area (Å²) < 4.78 is 0. The van der Waals surface area contributed by atoms with Gasteiger partial charge in [0.05, 0.1) is 16.4 Å². The summed E-state index contributed by atoms with van der Waals surface area (Å²) in [5, 5.41) is 3.35. The van der Waals surface area contributed by atoms with Crippen LogP contribution in [0.4, 0.5) is 5.95 Å². The first-order valence-electron chi connectivity index (χ1n) is 7.70. The molecule has 0 saturated heterocycles. The molecule has 0 aliphatic rings. The van der Waals surface area contributed by atoms with Crippen LogP contribution in [0.25, 0.3) is 33.3 Å². The SMILES string of the molecule is Nc1nc(-c2ccc(Cl)cc2Cl)cc(-c2cccc3ccccc23)n1. The smallest absolute Gasteiger partial charge is 0.221 e. The lowest BCUT2D eigenvalue weighted by atomic mass is 10.0. The van der Waals surface area contributed by atoms with Crippen LogP contribution in [-0.4, -0.2) is 9.97 Å². The summed E-state index contributed by atoms with van der Waals surface area (Å²) >= 11 is 12.3. The third kappa shape index (κ3) is 3.04. The van der Waals surface area contributed by atoms with Crippen molar-refractivity contribution >= 4 is 39.9 Å². The van der Waals surface area contributed by atoms with Gasteiger partial charge in [0, 0.05) is 16.1 Å². The van der Waals surface area contributed by atoms with E-state index in [1.54, 1.807) is 12.1 Å². The summed E-state index contributed by atoms with van der Waals surface area (Å²) in [6.45, 7) is 0. The summed E-state index contributed by atoms with van der Waals surface area (Å²) in [4.78, 5) is 8.76. The van der Waals surface area contributed by atoms with Gasteiger partial charge >= 0.3 is 0 Å². The average Bonchev–Trinajstić information content (AvgIpc) is 2.60. The van der Waals surface area contributed by atoms with Gasteiger partial charge in [-0.25, -0.2) is 9.97 Å². The molecule has 0 aliphatic heterocycles. The van der Waals surface area contributed by atoms with Crippen LogP contribution >= 0.6 is 23.2 Å². The zero-order valence-electron chi connectivity index (χ0n) is 13.1. The van der Waals surface area contributed by atoms with Gasteiger partial charge in [0.2, 0.25) is 5.95 Å². The third-order valence-corrected chi connectivity index (χ3v) is 4.56. The van der Waals surface area contributed by atoms with E-state index in [0.717, 1.165) is 27.6 Å². The van der Waals surface area contributed by atoms with Crippen molar-refractivity contribution in [3.8, 4) is 22.5 Å². The molecule has 2 N–H and O–H groups in total. The minimum Gasteiger partial charge on any atom is -0.368 e. The second-order valence-corrected chi connectivity index (χ2v) is 6.49. The second kappa shape index (κ2) is 6.36. The van der Waals surface area contributed by atoms with E-state index >= 15 is 0 Å². The number of hydrogen-bond donors (Lipinski definition) is 1. The second-order valence-electron chi connectivity index (χ2n) is 5.65. The summed E-state index contributed by atoms with van der Waals surface area (Å²) in [5.74, 6) is 0.200. The van der Waals surface area contributed by atoms with Crippen molar-refractivity contribution in [3.63, 3.8) is 0 Å². The van der Waals surface area contributed by atoms with Crippen molar-refractivity contribution in [2.75, 3.05) is 5.73 Å². The molecule has 1 heterocycles. The Morgan fingerprint density at radius 2 is 1.44 bits per heavy atom. The van der Waals surface area contributed by atoms with E-state index in [4.69, 9.17) is 28.9 Å². The Bertz CT molecular complexity index is 1090. The van der Waals surface area contributed by atoms with Gasteiger partial charge in [-0.05, 0) is 35.0 Å². The molecule has 3 aromatic carbocycles. The van der Waals surface area contributed by atoms with Crippen LogP contribution < -0.4 is 5.73 Å². The van der Waals surface area contributed by atoms with Crippen LogP contribution in [0, 0.1) is 0 Å². The number of fused-ring (bicyclic) bond motifs is 1. The van der Waals surface area contributed by atoms with Gasteiger partial charge in [0.15, 0.2) is 0 Å². The highest BCUT2D eigenvalue weighted by molar-refractivity contribution is 6.36. The Kier molecular flexibility index (Phi) is 4.04. The van der Waals surface area contributed by atoms with Gasteiger partial charge in [-0.1, -0.05) is 65.7 Å². The van der Waals surface area contributed by atoms with Gasteiger partial charge in [0.1, 0.15) is 0 Å². The van der Waals surface area contributed by atoms with Gasteiger partial charge in [-0.15, -0.1) is 0 Å². The average molecular weight is 366 g/mol. The number of nitrogens with two attached hydrogens (primary N) is 1. The Labute approximate surface area is 155 Å². The van der Waals surface area contributed by atoms with E-state index in [-0.39, 0.29) is 5.95 Å². The lowest BCUT2D eigenvalue weighted by molar-refractivity contribution is 1.19. The van der Waals surface area contributed by atoms with E-state index < -0.39 is 0 Å². The molecule has 3 nitrogen and oxygen atoms in total. The molecule has 0 bridgehead atoms. The fourth-order valence-corrected chi connectivity index (χ4v) is 3.39. The minimum atomic E-state index is 0.200. The van der Waals surface area contributed by atoms with E-state index in [2.05, 4.69) is 28.2 Å². The monoisotopic (exact) mass is 365 g/mol. The predicted octanol–water partition coefficient (Wildman–Crippen LogP) is 5.85. The number of benzene rings is 3. The summed E-state index contributed by atoms with van der Waals surface area (Å²) in [6.07, 6.45) is 0. The lowest BCUT2D eigenvalue weighted by Gasteiger charge is -2.10. The maximum atomic E-state index is 6.32. The number of anilines is 1. The number of rotatable bonds is 2. The van der Waals surface area contributed by atoms with Crippen LogP contribution in [-0.2, 0) is 0 Å². The van der Waals surface area contributed by atoms with Crippen LogP contribution in [0.1, 0.15) is 0 Å².